The van der Waals surface area contributed by atoms with E-state index in [1.807, 2.05) is 73.0 Å². The fourth-order valence-electron chi connectivity index (χ4n) is 3.27. The zero-order chi connectivity index (χ0) is 22.8. The molecule has 0 spiro atoms. The normalized spacial score (nSPS) is 11.5. The maximum Gasteiger partial charge on any atom is 0.301 e. The Morgan fingerprint density at radius 2 is 1.70 bits per heavy atom. The predicted molar refractivity (Wildman–Crippen MR) is 130 cm³/mol. The van der Waals surface area contributed by atoms with Crippen LogP contribution in [0.15, 0.2) is 81.1 Å². The van der Waals surface area contributed by atoms with Gasteiger partial charge in [-0.3, -0.25) is 9.89 Å². The van der Waals surface area contributed by atoms with Crippen LogP contribution in [0.2, 0.25) is 0 Å². The van der Waals surface area contributed by atoms with E-state index in [0.717, 1.165) is 21.7 Å². The standard InChI is InChI=1S/C23H18N6O2S2/c1-14-17(12-30)24-22(33-14)27-26-20-19(16-10-6-3-7-11-16)28-29(21(20)31)23-25-18(13-32-23)15-8-4-2-5-9-15/h2-11,13,28,30H,12H2,1H3. The van der Waals surface area contributed by atoms with E-state index in [9.17, 15) is 9.90 Å². The van der Waals surface area contributed by atoms with Crippen LogP contribution >= 0.6 is 22.7 Å². The minimum atomic E-state index is -0.359. The number of aliphatic hydroxyl groups excluding tert-OH is 1. The number of H-pyrrole nitrogens is 1. The number of nitrogens with one attached hydrogen (secondary N) is 1. The number of aromatic nitrogens is 4. The summed E-state index contributed by atoms with van der Waals surface area (Å²) >= 11 is 2.67. The topological polar surface area (TPSA) is 109 Å². The predicted octanol–water partition coefficient (Wildman–Crippen LogP) is 5.63. The summed E-state index contributed by atoms with van der Waals surface area (Å²) in [5, 5.41) is 23.8. The van der Waals surface area contributed by atoms with Gasteiger partial charge in [0.2, 0.25) is 10.3 Å². The number of aliphatic hydroxyl groups is 1. The maximum absolute atomic E-state index is 13.3. The van der Waals surface area contributed by atoms with Gasteiger partial charge >= 0.3 is 5.56 Å². The van der Waals surface area contributed by atoms with Gasteiger partial charge in [0.1, 0.15) is 0 Å². The lowest BCUT2D eigenvalue weighted by Gasteiger charge is -1.99. The Balaban J connectivity index is 1.59. The first-order valence-electron chi connectivity index (χ1n) is 10.0. The van der Waals surface area contributed by atoms with Gasteiger partial charge in [0.25, 0.3) is 0 Å². The number of aryl methyl sites for hydroxylation is 1. The van der Waals surface area contributed by atoms with Crippen molar-refractivity contribution in [1.29, 1.82) is 0 Å². The highest BCUT2D eigenvalue weighted by atomic mass is 32.1. The third kappa shape index (κ3) is 4.19. The van der Waals surface area contributed by atoms with Gasteiger partial charge in [0.05, 0.1) is 23.7 Å². The Bertz CT molecular complexity index is 1480. The van der Waals surface area contributed by atoms with Crippen molar-refractivity contribution in [3.8, 4) is 27.6 Å². The Morgan fingerprint density at radius 3 is 2.36 bits per heavy atom. The van der Waals surface area contributed by atoms with Gasteiger partial charge in [-0.15, -0.1) is 21.6 Å². The number of hydrogen-bond donors (Lipinski definition) is 2. The van der Waals surface area contributed by atoms with Crippen molar-refractivity contribution in [3.63, 3.8) is 0 Å². The van der Waals surface area contributed by atoms with Gasteiger partial charge in [-0.05, 0) is 6.92 Å². The Kier molecular flexibility index (Phi) is 5.78. The minimum Gasteiger partial charge on any atom is -0.390 e. The molecule has 33 heavy (non-hydrogen) atoms. The van der Waals surface area contributed by atoms with Gasteiger partial charge in [-0.2, -0.15) is 4.68 Å². The van der Waals surface area contributed by atoms with Crippen LogP contribution in [0.1, 0.15) is 10.6 Å². The van der Waals surface area contributed by atoms with E-state index >= 15 is 0 Å². The maximum atomic E-state index is 13.3. The minimum absolute atomic E-state index is 0.163. The third-order valence-corrected chi connectivity index (χ3v) is 6.67. The Labute approximate surface area is 196 Å². The molecule has 0 fully saturated rings. The summed E-state index contributed by atoms with van der Waals surface area (Å²) in [6.07, 6.45) is 0. The summed E-state index contributed by atoms with van der Waals surface area (Å²) in [5.41, 5.74) is 3.46. The van der Waals surface area contributed by atoms with Crippen LogP contribution in [-0.2, 0) is 6.61 Å². The molecule has 2 N–H and O–H groups in total. The molecule has 5 rings (SSSR count). The highest BCUT2D eigenvalue weighted by molar-refractivity contribution is 7.15. The molecule has 164 valence electrons. The first-order chi connectivity index (χ1) is 16.1. The van der Waals surface area contributed by atoms with Crippen LogP contribution < -0.4 is 5.56 Å². The second-order valence-electron chi connectivity index (χ2n) is 7.08. The number of aromatic amines is 1. The number of thiazole rings is 2. The second-order valence-corrected chi connectivity index (χ2v) is 9.10. The van der Waals surface area contributed by atoms with Crippen LogP contribution in [0.25, 0.3) is 27.6 Å². The lowest BCUT2D eigenvalue weighted by Crippen LogP contribution is -2.13. The van der Waals surface area contributed by atoms with Crippen molar-refractivity contribution >= 4 is 33.5 Å². The number of nitrogens with zero attached hydrogens (tertiary/aromatic N) is 5. The van der Waals surface area contributed by atoms with Crippen molar-refractivity contribution in [3.05, 3.63) is 87.0 Å². The van der Waals surface area contributed by atoms with Crippen LogP contribution in [0.5, 0.6) is 0 Å². The van der Waals surface area contributed by atoms with Crippen LogP contribution in [0.3, 0.4) is 0 Å². The molecule has 3 aromatic heterocycles. The largest absolute Gasteiger partial charge is 0.390 e. The smallest absolute Gasteiger partial charge is 0.301 e. The molecule has 0 aliphatic rings. The molecule has 8 nitrogen and oxygen atoms in total. The zero-order valence-electron chi connectivity index (χ0n) is 17.5. The zero-order valence-corrected chi connectivity index (χ0v) is 19.1. The fraction of sp³-hybridized carbons (Fsp3) is 0.0870. The summed E-state index contributed by atoms with van der Waals surface area (Å²) in [5.74, 6) is 0. The lowest BCUT2D eigenvalue weighted by molar-refractivity contribution is 0.277. The highest BCUT2D eigenvalue weighted by Crippen LogP contribution is 2.31. The molecule has 0 aliphatic carbocycles. The molecule has 2 aromatic carbocycles. The van der Waals surface area contributed by atoms with E-state index in [4.69, 9.17) is 0 Å². The molecule has 0 saturated heterocycles. The van der Waals surface area contributed by atoms with Gasteiger partial charge in [0.15, 0.2) is 5.69 Å². The summed E-state index contributed by atoms with van der Waals surface area (Å²) in [6, 6.07) is 19.3. The molecule has 0 saturated carbocycles. The molecule has 0 radical (unpaired) electrons. The van der Waals surface area contributed by atoms with Crippen LogP contribution in [0.4, 0.5) is 10.8 Å². The molecule has 0 atom stereocenters. The molecule has 0 unspecified atom stereocenters. The molecule has 0 bridgehead atoms. The summed E-state index contributed by atoms with van der Waals surface area (Å²) in [6.45, 7) is 1.69. The molecular formula is C23H18N6O2S2. The van der Waals surface area contributed by atoms with Crippen molar-refractivity contribution in [2.45, 2.75) is 13.5 Å². The monoisotopic (exact) mass is 474 g/mol. The van der Waals surface area contributed by atoms with E-state index in [1.165, 1.54) is 27.4 Å². The third-order valence-electron chi connectivity index (χ3n) is 4.95. The summed E-state index contributed by atoms with van der Waals surface area (Å²) < 4.78 is 1.39. The molecule has 0 amide bonds. The van der Waals surface area contributed by atoms with Crippen molar-refractivity contribution in [2.75, 3.05) is 0 Å². The summed E-state index contributed by atoms with van der Waals surface area (Å²) in [7, 11) is 0. The van der Waals surface area contributed by atoms with E-state index < -0.39 is 0 Å². The number of hydrogen-bond acceptors (Lipinski definition) is 8. The molecule has 3 heterocycles. The fourth-order valence-corrected chi connectivity index (χ4v) is 4.80. The molecular weight excluding hydrogens is 456 g/mol. The number of benzene rings is 2. The Hall–Kier alpha value is -3.73. The highest BCUT2D eigenvalue weighted by Gasteiger charge is 2.19. The summed E-state index contributed by atoms with van der Waals surface area (Å²) in [4.78, 5) is 23.1. The van der Waals surface area contributed by atoms with E-state index in [2.05, 4.69) is 25.3 Å². The van der Waals surface area contributed by atoms with Crippen molar-refractivity contribution in [2.24, 2.45) is 10.2 Å². The van der Waals surface area contributed by atoms with Gasteiger partial charge in [0, 0.05) is 21.4 Å². The van der Waals surface area contributed by atoms with Gasteiger partial charge in [-0.1, -0.05) is 72.0 Å². The van der Waals surface area contributed by atoms with Crippen LogP contribution in [0, 0.1) is 6.92 Å². The second kappa shape index (κ2) is 9.02. The average Bonchev–Trinajstić information content (AvgIpc) is 3.56. The molecule has 0 aliphatic heterocycles. The van der Waals surface area contributed by atoms with E-state index in [1.54, 1.807) is 0 Å². The Morgan fingerprint density at radius 1 is 1.00 bits per heavy atom. The average molecular weight is 475 g/mol. The van der Waals surface area contributed by atoms with E-state index in [0.29, 0.717) is 21.7 Å². The quantitative estimate of drug-likeness (QED) is 0.311. The van der Waals surface area contributed by atoms with Crippen molar-refractivity contribution < 1.29 is 5.11 Å². The van der Waals surface area contributed by atoms with Gasteiger partial charge < -0.3 is 5.11 Å². The van der Waals surface area contributed by atoms with Crippen molar-refractivity contribution in [1.82, 2.24) is 19.7 Å². The SMILES string of the molecule is Cc1sc(N=Nc2c(-c3ccccc3)[nH]n(-c3nc(-c4ccccc4)cs3)c2=O)nc1CO. The first-order valence-corrected chi connectivity index (χ1v) is 11.7. The molecule has 10 heteroatoms. The van der Waals surface area contributed by atoms with Gasteiger partial charge in [-0.25, -0.2) is 9.97 Å². The number of azo groups is 1. The molecule has 5 aromatic rings. The number of rotatable bonds is 6. The lowest BCUT2D eigenvalue weighted by atomic mass is 10.1. The van der Waals surface area contributed by atoms with E-state index in [-0.39, 0.29) is 17.9 Å². The van der Waals surface area contributed by atoms with Crippen LogP contribution in [-0.4, -0.2) is 24.9 Å². The first kappa shape index (κ1) is 21.1.